The fraction of sp³-hybridized carbons (Fsp3) is 0.556. The van der Waals surface area contributed by atoms with Gasteiger partial charge in [0.2, 0.25) is 0 Å². The molecule has 1 aromatic rings. The Morgan fingerprint density at radius 3 is 2.74 bits per heavy atom. The number of amides is 3. The van der Waals surface area contributed by atoms with Gasteiger partial charge in [-0.05, 0) is 50.0 Å². The number of carbonyl (C=O) groups excluding carboxylic acids is 2. The first-order valence-corrected chi connectivity index (χ1v) is 9.38. The minimum atomic E-state index is -0.623. The lowest BCUT2D eigenvalue weighted by atomic mass is 9.84. The van der Waals surface area contributed by atoms with Crippen LogP contribution in [0, 0.1) is 27.9 Å². The Kier molecular flexibility index (Phi) is 5.84. The zero-order valence-corrected chi connectivity index (χ0v) is 15.7. The van der Waals surface area contributed by atoms with Crippen molar-refractivity contribution in [1.29, 1.82) is 0 Å². The molecular weight excluding hydrogens is 374 g/mol. The molecule has 2 aliphatic carbocycles. The van der Waals surface area contributed by atoms with Crippen LogP contribution < -0.4 is 15.4 Å². The number of hydrogen-bond donors (Lipinski definition) is 2. The molecule has 4 unspecified atom stereocenters. The number of ether oxygens (including phenoxy) is 1. The average molecular weight is 396 g/mol. The summed E-state index contributed by atoms with van der Waals surface area (Å²) in [7, 11) is 0. The number of imide groups is 1. The number of urea groups is 1. The van der Waals surface area contributed by atoms with E-state index < -0.39 is 23.5 Å². The molecule has 2 bridgehead atoms. The highest BCUT2D eigenvalue weighted by Gasteiger charge is 2.42. The van der Waals surface area contributed by atoms with Crippen LogP contribution in [0.5, 0.6) is 5.75 Å². The van der Waals surface area contributed by atoms with E-state index in [0.717, 1.165) is 18.4 Å². The van der Waals surface area contributed by atoms with Crippen molar-refractivity contribution in [3.63, 3.8) is 0 Å². The van der Waals surface area contributed by atoms with Crippen LogP contribution in [0.2, 0.25) is 5.02 Å². The summed E-state index contributed by atoms with van der Waals surface area (Å²) in [5.41, 5.74) is -0.175. The molecule has 4 atom stereocenters. The van der Waals surface area contributed by atoms with Gasteiger partial charge in [0.25, 0.3) is 11.6 Å². The van der Waals surface area contributed by atoms with E-state index in [2.05, 4.69) is 10.6 Å². The summed E-state index contributed by atoms with van der Waals surface area (Å²) in [6.45, 7) is 1.55. The summed E-state index contributed by atoms with van der Waals surface area (Å²) in [5.74, 6) is 1.44. The third-order valence-corrected chi connectivity index (χ3v) is 5.83. The molecule has 0 aromatic heterocycles. The number of carbonyl (C=O) groups is 2. The van der Waals surface area contributed by atoms with Crippen molar-refractivity contribution in [1.82, 2.24) is 10.6 Å². The smallest absolute Gasteiger partial charge is 0.321 e. The van der Waals surface area contributed by atoms with Gasteiger partial charge in [-0.25, -0.2) is 4.79 Å². The number of fused-ring (bicyclic) bond motifs is 2. The Bertz CT molecular complexity index is 757. The van der Waals surface area contributed by atoms with Crippen molar-refractivity contribution in [3.05, 3.63) is 33.3 Å². The van der Waals surface area contributed by atoms with Crippen molar-refractivity contribution in [2.75, 3.05) is 6.61 Å². The second-order valence-corrected chi connectivity index (χ2v) is 7.72. The van der Waals surface area contributed by atoms with E-state index in [1.165, 1.54) is 31.4 Å². The maximum atomic E-state index is 12.0. The fourth-order valence-corrected chi connectivity index (χ4v) is 4.51. The molecule has 8 nitrogen and oxygen atoms in total. The van der Waals surface area contributed by atoms with E-state index in [0.29, 0.717) is 11.8 Å². The first-order valence-electron chi connectivity index (χ1n) is 9.00. The van der Waals surface area contributed by atoms with Gasteiger partial charge < -0.3 is 10.1 Å². The molecule has 1 aromatic carbocycles. The van der Waals surface area contributed by atoms with Crippen LogP contribution in [-0.4, -0.2) is 29.5 Å². The fourth-order valence-electron chi connectivity index (χ4n) is 4.28. The largest absolute Gasteiger partial charge is 0.482 e. The molecule has 2 aliphatic rings. The molecule has 0 saturated heterocycles. The lowest BCUT2D eigenvalue weighted by Crippen LogP contribution is -2.48. The van der Waals surface area contributed by atoms with E-state index in [-0.39, 0.29) is 22.5 Å². The molecule has 0 aliphatic heterocycles. The number of nitro benzene ring substituents is 1. The Morgan fingerprint density at radius 1 is 1.37 bits per heavy atom. The van der Waals surface area contributed by atoms with Gasteiger partial charge in [0.15, 0.2) is 6.61 Å². The standard InChI is InChI=1S/C18H22ClN3O5/c1-10(14-7-11-2-3-12(14)6-11)20-18(24)21-17(23)9-27-16-5-4-13(22(25)26)8-15(16)19/h4-5,8,10-12,14H,2-3,6-7,9H2,1H3,(H2,20,21,23,24). The van der Waals surface area contributed by atoms with E-state index in [1.54, 1.807) is 0 Å². The summed E-state index contributed by atoms with van der Waals surface area (Å²) < 4.78 is 5.23. The third-order valence-electron chi connectivity index (χ3n) is 5.53. The molecule has 3 amide bonds. The number of halogens is 1. The van der Waals surface area contributed by atoms with Crippen LogP contribution in [0.15, 0.2) is 18.2 Å². The van der Waals surface area contributed by atoms with Gasteiger partial charge in [0, 0.05) is 18.2 Å². The first-order chi connectivity index (χ1) is 12.8. The Hall–Kier alpha value is -2.35. The predicted octanol–water partition coefficient (Wildman–Crippen LogP) is 3.28. The summed E-state index contributed by atoms with van der Waals surface area (Å²) >= 11 is 5.89. The summed E-state index contributed by atoms with van der Waals surface area (Å²) in [5, 5.41) is 15.8. The molecule has 27 heavy (non-hydrogen) atoms. The maximum Gasteiger partial charge on any atom is 0.321 e. The van der Waals surface area contributed by atoms with Crippen LogP contribution in [-0.2, 0) is 4.79 Å². The number of non-ortho nitro benzene ring substituents is 1. The van der Waals surface area contributed by atoms with Crippen molar-refractivity contribution in [2.45, 2.75) is 38.6 Å². The average Bonchev–Trinajstić information content (AvgIpc) is 3.23. The molecule has 2 fully saturated rings. The van der Waals surface area contributed by atoms with Gasteiger partial charge in [-0.1, -0.05) is 18.0 Å². The predicted molar refractivity (Wildman–Crippen MR) is 98.7 cm³/mol. The second kappa shape index (κ2) is 8.12. The number of rotatable bonds is 6. The van der Waals surface area contributed by atoms with Crippen LogP contribution in [0.1, 0.15) is 32.6 Å². The summed E-state index contributed by atoms with van der Waals surface area (Å²) in [4.78, 5) is 34.0. The maximum absolute atomic E-state index is 12.0. The molecule has 2 saturated carbocycles. The molecule has 146 valence electrons. The number of nitro groups is 1. The van der Waals surface area contributed by atoms with Gasteiger partial charge in [-0.3, -0.25) is 20.2 Å². The molecule has 0 spiro atoms. The lowest BCUT2D eigenvalue weighted by molar-refractivity contribution is -0.384. The number of nitrogens with one attached hydrogen (secondary N) is 2. The molecule has 0 heterocycles. The highest BCUT2D eigenvalue weighted by atomic mass is 35.5. The Morgan fingerprint density at radius 2 is 2.15 bits per heavy atom. The monoisotopic (exact) mass is 395 g/mol. The van der Waals surface area contributed by atoms with E-state index in [1.807, 2.05) is 6.92 Å². The van der Waals surface area contributed by atoms with Gasteiger partial charge >= 0.3 is 6.03 Å². The number of hydrogen-bond acceptors (Lipinski definition) is 5. The molecule has 0 radical (unpaired) electrons. The van der Waals surface area contributed by atoms with E-state index >= 15 is 0 Å². The Labute approximate surface area is 161 Å². The minimum Gasteiger partial charge on any atom is -0.482 e. The summed E-state index contributed by atoms with van der Waals surface area (Å²) in [6.07, 6.45) is 4.91. The second-order valence-electron chi connectivity index (χ2n) is 7.31. The highest BCUT2D eigenvalue weighted by Crippen LogP contribution is 2.49. The van der Waals surface area contributed by atoms with Crippen LogP contribution in [0.25, 0.3) is 0 Å². The number of nitrogens with zero attached hydrogens (tertiary/aromatic N) is 1. The lowest BCUT2D eigenvalue weighted by Gasteiger charge is -2.28. The molecule has 2 N–H and O–H groups in total. The van der Waals surface area contributed by atoms with Gasteiger partial charge in [-0.15, -0.1) is 0 Å². The van der Waals surface area contributed by atoms with Crippen molar-refractivity contribution >= 4 is 29.2 Å². The Balaban J connectivity index is 1.43. The van der Waals surface area contributed by atoms with E-state index in [9.17, 15) is 19.7 Å². The van der Waals surface area contributed by atoms with Crippen LogP contribution in [0.3, 0.4) is 0 Å². The molecular formula is C18H22ClN3O5. The van der Waals surface area contributed by atoms with Crippen LogP contribution in [0.4, 0.5) is 10.5 Å². The SMILES string of the molecule is CC(NC(=O)NC(=O)COc1ccc([N+](=O)[O-])cc1Cl)C1CC2CCC1C2. The topological polar surface area (TPSA) is 111 Å². The number of benzene rings is 1. The zero-order valence-electron chi connectivity index (χ0n) is 14.9. The zero-order chi connectivity index (χ0) is 19.6. The van der Waals surface area contributed by atoms with Gasteiger partial charge in [-0.2, -0.15) is 0 Å². The highest BCUT2D eigenvalue weighted by molar-refractivity contribution is 6.32. The normalized spacial score (nSPS) is 24.3. The first kappa shape index (κ1) is 19.4. The third kappa shape index (κ3) is 4.68. The minimum absolute atomic E-state index is 0.0122. The quantitative estimate of drug-likeness (QED) is 0.567. The van der Waals surface area contributed by atoms with Crippen molar-refractivity contribution in [2.24, 2.45) is 17.8 Å². The molecule has 9 heteroatoms. The summed E-state index contributed by atoms with van der Waals surface area (Å²) in [6, 6.07) is 3.14. The van der Waals surface area contributed by atoms with Crippen molar-refractivity contribution in [3.8, 4) is 5.75 Å². The van der Waals surface area contributed by atoms with Gasteiger partial charge in [0.1, 0.15) is 5.75 Å². The molecule has 3 rings (SSSR count). The van der Waals surface area contributed by atoms with Crippen LogP contribution >= 0.6 is 11.6 Å². The van der Waals surface area contributed by atoms with E-state index in [4.69, 9.17) is 16.3 Å². The van der Waals surface area contributed by atoms with Crippen molar-refractivity contribution < 1.29 is 19.2 Å². The van der Waals surface area contributed by atoms with Gasteiger partial charge in [0.05, 0.1) is 9.95 Å².